The number of ether oxygens (including phenoxy) is 1. The van der Waals surface area contributed by atoms with E-state index in [1.165, 1.54) is 6.20 Å². The third-order valence-electron chi connectivity index (χ3n) is 5.63. The lowest BCUT2D eigenvalue weighted by Gasteiger charge is -2.29. The summed E-state index contributed by atoms with van der Waals surface area (Å²) in [5.74, 6) is 0.376. The van der Waals surface area contributed by atoms with Crippen molar-refractivity contribution in [2.45, 2.75) is 19.4 Å². The fourth-order valence-electron chi connectivity index (χ4n) is 4.19. The zero-order valence-corrected chi connectivity index (χ0v) is 18.0. The number of hydrogen-bond donors (Lipinski definition) is 3. The molecule has 2 aromatic rings. The number of primary amides is 1. The lowest BCUT2D eigenvalue weighted by molar-refractivity contribution is -0.138. The summed E-state index contributed by atoms with van der Waals surface area (Å²) in [6.07, 6.45) is 3.17. The number of aromatic amines is 1. The molecular formula is C22H24ClN5O3. The quantitative estimate of drug-likeness (QED) is 0.618. The molecule has 0 radical (unpaired) electrons. The molecular weight excluding hydrogens is 418 g/mol. The molecule has 8 nitrogen and oxygen atoms in total. The van der Waals surface area contributed by atoms with E-state index in [0.717, 1.165) is 18.7 Å². The van der Waals surface area contributed by atoms with Gasteiger partial charge in [-0.3, -0.25) is 9.59 Å². The summed E-state index contributed by atoms with van der Waals surface area (Å²) in [4.78, 5) is 33.8. The highest BCUT2D eigenvalue weighted by Gasteiger charge is 2.35. The summed E-state index contributed by atoms with van der Waals surface area (Å²) in [5.41, 5.74) is 8.58. The van der Waals surface area contributed by atoms with Crippen LogP contribution in [0, 0.1) is 0 Å². The lowest BCUT2D eigenvalue weighted by atomic mass is 9.93. The maximum absolute atomic E-state index is 13.0. The van der Waals surface area contributed by atoms with Gasteiger partial charge in [-0.1, -0.05) is 17.7 Å². The summed E-state index contributed by atoms with van der Waals surface area (Å²) in [5, 5.41) is 3.75. The first-order valence-electron chi connectivity index (χ1n) is 10.1. The van der Waals surface area contributed by atoms with Gasteiger partial charge in [0.25, 0.3) is 11.8 Å². The predicted octanol–water partition coefficient (Wildman–Crippen LogP) is 2.29. The van der Waals surface area contributed by atoms with Gasteiger partial charge in [0.1, 0.15) is 11.6 Å². The van der Waals surface area contributed by atoms with E-state index >= 15 is 0 Å². The topological polar surface area (TPSA) is 113 Å². The molecule has 0 aliphatic carbocycles. The Labute approximate surface area is 185 Å². The third kappa shape index (κ3) is 3.84. The molecule has 2 amide bonds. The molecule has 3 heterocycles. The number of allylic oxidation sites excluding steroid dienone is 1. The molecule has 162 valence electrons. The predicted molar refractivity (Wildman–Crippen MR) is 120 cm³/mol. The number of amides is 2. The Morgan fingerprint density at radius 2 is 2.06 bits per heavy atom. The van der Waals surface area contributed by atoms with Gasteiger partial charge in [0.15, 0.2) is 6.10 Å². The summed E-state index contributed by atoms with van der Waals surface area (Å²) in [6.45, 7) is 8.27. The molecule has 2 aliphatic rings. The van der Waals surface area contributed by atoms with E-state index in [9.17, 15) is 9.59 Å². The Hall–Kier alpha value is -3.10. The van der Waals surface area contributed by atoms with Crippen molar-refractivity contribution < 1.29 is 14.3 Å². The Morgan fingerprint density at radius 1 is 1.32 bits per heavy atom. The highest BCUT2D eigenvalue weighted by atomic mass is 35.5. The minimum atomic E-state index is -0.609. The number of H-pyrrole nitrogens is 1. The number of hydrogen-bond acceptors (Lipinski definition) is 5. The lowest BCUT2D eigenvalue weighted by Crippen LogP contribution is -2.50. The normalized spacial score (nSPS) is 18.5. The minimum Gasteiger partial charge on any atom is -0.479 e. The Balaban J connectivity index is 1.74. The molecule has 1 saturated heterocycles. The number of piperazine rings is 1. The largest absolute Gasteiger partial charge is 0.479 e. The first-order chi connectivity index (χ1) is 14.9. The van der Waals surface area contributed by atoms with Crippen LogP contribution in [0.15, 0.2) is 29.4 Å². The average Bonchev–Trinajstić information content (AvgIpc) is 3.38. The van der Waals surface area contributed by atoms with Gasteiger partial charge in [0.05, 0.1) is 5.56 Å². The van der Waals surface area contributed by atoms with Gasteiger partial charge < -0.3 is 25.7 Å². The number of fused-ring (bicyclic) bond motifs is 1. The number of aromatic nitrogens is 1. The summed E-state index contributed by atoms with van der Waals surface area (Å²) in [7, 11) is 0. The molecule has 0 saturated carbocycles. The van der Waals surface area contributed by atoms with E-state index in [0.29, 0.717) is 52.8 Å². The van der Waals surface area contributed by atoms with E-state index in [1.807, 2.05) is 24.0 Å². The van der Waals surface area contributed by atoms with Crippen LogP contribution in [-0.2, 0) is 11.2 Å². The number of halogens is 1. The molecule has 4 rings (SSSR count). The number of nitrogens with two attached hydrogens (primary N) is 1. The van der Waals surface area contributed by atoms with E-state index in [2.05, 4.69) is 22.0 Å². The number of rotatable bonds is 5. The molecule has 31 heavy (non-hydrogen) atoms. The van der Waals surface area contributed by atoms with Crippen LogP contribution in [-0.4, -0.2) is 60.7 Å². The van der Waals surface area contributed by atoms with Gasteiger partial charge in [0, 0.05) is 60.5 Å². The number of nitrogens with one attached hydrogen (secondary N) is 2. The van der Waals surface area contributed by atoms with Gasteiger partial charge in [-0.25, -0.2) is 4.99 Å². The molecule has 0 spiro atoms. The van der Waals surface area contributed by atoms with Gasteiger partial charge in [0.2, 0.25) is 0 Å². The van der Waals surface area contributed by atoms with Crippen LogP contribution in [0.25, 0.3) is 5.57 Å². The van der Waals surface area contributed by atoms with Crippen molar-refractivity contribution in [1.29, 1.82) is 0 Å². The first kappa shape index (κ1) is 21.1. The van der Waals surface area contributed by atoms with E-state index < -0.39 is 12.0 Å². The van der Waals surface area contributed by atoms with E-state index in [1.54, 1.807) is 6.07 Å². The summed E-state index contributed by atoms with van der Waals surface area (Å²) >= 11 is 6.42. The SMILES string of the molecule is C=Nc1[nH]cc(C(N)=O)c1/C(=C\C)c1cc(Cl)cc2c1OC(C(=O)N1CCNCC1)C2. The number of nitrogens with zero attached hydrogens (tertiary/aromatic N) is 2. The smallest absolute Gasteiger partial charge is 0.264 e. The van der Waals surface area contributed by atoms with Crippen molar-refractivity contribution in [3.8, 4) is 5.75 Å². The zero-order chi connectivity index (χ0) is 22.1. The van der Waals surface area contributed by atoms with Crippen molar-refractivity contribution >= 4 is 41.5 Å². The third-order valence-corrected chi connectivity index (χ3v) is 5.85. The average molecular weight is 442 g/mol. The molecule has 2 aliphatic heterocycles. The maximum Gasteiger partial charge on any atom is 0.264 e. The molecule has 1 aromatic heterocycles. The van der Waals surface area contributed by atoms with Crippen LogP contribution in [0.1, 0.15) is 34.0 Å². The molecule has 9 heteroatoms. The van der Waals surface area contributed by atoms with Crippen LogP contribution in [0.3, 0.4) is 0 Å². The summed E-state index contributed by atoms with van der Waals surface area (Å²) < 4.78 is 6.18. The second-order valence-corrected chi connectivity index (χ2v) is 7.91. The second-order valence-electron chi connectivity index (χ2n) is 7.48. The number of carbonyl (C=O) groups is 2. The van der Waals surface area contributed by atoms with Crippen LogP contribution >= 0.6 is 11.6 Å². The van der Waals surface area contributed by atoms with Crippen molar-refractivity contribution in [3.63, 3.8) is 0 Å². The van der Waals surface area contributed by atoms with Gasteiger partial charge in [-0.05, 0) is 31.3 Å². The van der Waals surface area contributed by atoms with Crippen molar-refractivity contribution in [3.05, 3.63) is 51.7 Å². The molecule has 0 bridgehead atoms. The van der Waals surface area contributed by atoms with Crippen LogP contribution in [0.5, 0.6) is 5.75 Å². The number of benzene rings is 1. The molecule has 1 unspecified atom stereocenters. The fraction of sp³-hybridized carbons (Fsp3) is 0.318. The van der Waals surface area contributed by atoms with E-state index in [-0.39, 0.29) is 11.5 Å². The molecule has 1 fully saturated rings. The Kier molecular flexibility index (Phi) is 5.84. The molecule has 4 N–H and O–H groups in total. The standard InChI is InChI=1S/C22H24ClN5O3/c1-3-14(18-16(20(24)29)11-27-21(18)25-2)15-10-13(23)8-12-9-17(31-19(12)15)22(30)28-6-4-26-5-7-28/h3,8,10-11,17,26-27H,2,4-7,9H2,1H3,(H2,24,29)/b14-3-. The summed E-state index contributed by atoms with van der Waals surface area (Å²) in [6, 6.07) is 3.58. The Bertz CT molecular complexity index is 1090. The Morgan fingerprint density at radius 3 is 2.71 bits per heavy atom. The number of carbonyl (C=O) groups excluding carboxylic acids is 2. The van der Waals surface area contributed by atoms with Crippen molar-refractivity contribution in [2.24, 2.45) is 10.7 Å². The fourth-order valence-corrected chi connectivity index (χ4v) is 4.43. The van der Waals surface area contributed by atoms with Crippen LogP contribution in [0.4, 0.5) is 5.82 Å². The second kappa shape index (κ2) is 8.56. The van der Waals surface area contributed by atoms with E-state index in [4.69, 9.17) is 22.1 Å². The number of aliphatic imine (C=N–C) groups is 1. The molecule has 1 aromatic carbocycles. The van der Waals surface area contributed by atoms with Crippen LogP contribution in [0.2, 0.25) is 5.02 Å². The van der Waals surface area contributed by atoms with Crippen molar-refractivity contribution in [1.82, 2.24) is 15.2 Å². The first-order valence-corrected chi connectivity index (χ1v) is 10.5. The van der Waals surface area contributed by atoms with Gasteiger partial charge in [-0.15, -0.1) is 0 Å². The zero-order valence-electron chi connectivity index (χ0n) is 17.2. The van der Waals surface area contributed by atoms with Gasteiger partial charge >= 0.3 is 0 Å². The minimum absolute atomic E-state index is 0.0327. The van der Waals surface area contributed by atoms with Crippen molar-refractivity contribution in [2.75, 3.05) is 26.2 Å². The monoisotopic (exact) mass is 441 g/mol. The highest BCUT2D eigenvalue weighted by molar-refractivity contribution is 6.31. The van der Waals surface area contributed by atoms with Crippen LogP contribution < -0.4 is 15.8 Å². The molecule has 1 atom stereocenters. The maximum atomic E-state index is 13.0. The highest BCUT2D eigenvalue weighted by Crippen LogP contribution is 2.43. The van der Waals surface area contributed by atoms with Gasteiger partial charge in [-0.2, -0.15) is 0 Å².